The summed E-state index contributed by atoms with van der Waals surface area (Å²) >= 11 is 1.29. The fraction of sp³-hybridized carbons (Fsp3) is 0.300. The summed E-state index contributed by atoms with van der Waals surface area (Å²) < 4.78 is 31.3. The van der Waals surface area contributed by atoms with Crippen molar-refractivity contribution in [2.45, 2.75) is 18.9 Å². The molecule has 3 aromatic rings. The fourth-order valence-corrected chi connectivity index (χ4v) is 5.29. The first-order chi connectivity index (χ1) is 13.9. The maximum Gasteiger partial charge on any atom is 0.266 e. The zero-order chi connectivity index (χ0) is 20.4. The van der Waals surface area contributed by atoms with Crippen LogP contribution in [0.15, 0.2) is 53.1 Å². The number of amides is 1. The van der Waals surface area contributed by atoms with E-state index in [0.717, 1.165) is 18.2 Å². The van der Waals surface area contributed by atoms with Crippen LogP contribution in [0.4, 0.5) is 0 Å². The number of hydrogen-bond acceptors (Lipinski definition) is 6. The van der Waals surface area contributed by atoms with Gasteiger partial charge in [0.1, 0.15) is 4.88 Å². The number of nitrogens with one attached hydrogen (secondary N) is 1. The second kappa shape index (κ2) is 8.10. The monoisotopic (exact) mass is 431 g/mol. The van der Waals surface area contributed by atoms with E-state index in [0.29, 0.717) is 40.8 Å². The number of thiazole rings is 1. The molecule has 1 amide bonds. The molecule has 9 heteroatoms. The maximum atomic E-state index is 13.4. The molecule has 0 saturated carbocycles. The molecule has 1 aliphatic heterocycles. The van der Waals surface area contributed by atoms with Crippen molar-refractivity contribution in [3.8, 4) is 22.0 Å². The average molecular weight is 432 g/mol. The molecular weight excluding hydrogens is 410 g/mol. The third-order valence-corrected chi connectivity index (χ3v) is 6.51. The van der Waals surface area contributed by atoms with E-state index in [1.807, 2.05) is 36.4 Å². The molecule has 0 spiro atoms. The highest BCUT2D eigenvalue weighted by atomic mass is 32.2. The van der Waals surface area contributed by atoms with Gasteiger partial charge < -0.3 is 9.32 Å². The van der Waals surface area contributed by atoms with Gasteiger partial charge in [-0.2, -0.15) is 0 Å². The molecule has 4 rings (SSSR count). The van der Waals surface area contributed by atoms with Gasteiger partial charge in [0.15, 0.2) is 10.8 Å². The molecular formula is C20H21N3O4S2. The molecule has 0 radical (unpaired) electrons. The minimum Gasteiger partial charge on any atom is -0.462 e. The lowest BCUT2D eigenvalue weighted by Gasteiger charge is -2.32. The van der Waals surface area contributed by atoms with E-state index in [1.54, 1.807) is 17.2 Å². The van der Waals surface area contributed by atoms with Crippen LogP contribution in [0.1, 0.15) is 22.5 Å². The van der Waals surface area contributed by atoms with Gasteiger partial charge in [0.05, 0.1) is 18.2 Å². The Labute approximate surface area is 173 Å². The Balaban J connectivity index is 1.67. The van der Waals surface area contributed by atoms with Crippen LogP contribution in [0, 0.1) is 0 Å². The van der Waals surface area contributed by atoms with Crippen LogP contribution in [0.3, 0.4) is 0 Å². The topological polar surface area (TPSA) is 92.5 Å². The van der Waals surface area contributed by atoms with E-state index < -0.39 is 10.0 Å². The largest absolute Gasteiger partial charge is 0.462 e. The molecule has 0 bridgehead atoms. The quantitative estimate of drug-likeness (QED) is 0.670. The molecule has 0 unspecified atom stereocenters. The number of rotatable bonds is 5. The fourth-order valence-electron chi connectivity index (χ4n) is 3.47. The summed E-state index contributed by atoms with van der Waals surface area (Å²) in [6.45, 7) is 0.928. The number of piperidine rings is 1. The third kappa shape index (κ3) is 4.58. The number of nitrogens with zero attached hydrogens (tertiary/aromatic N) is 2. The molecule has 1 fully saturated rings. The Hall–Kier alpha value is -2.49. The van der Waals surface area contributed by atoms with E-state index >= 15 is 0 Å². The molecule has 1 atom stereocenters. The van der Waals surface area contributed by atoms with E-state index in [4.69, 9.17) is 4.42 Å². The van der Waals surface area contributed by atoms with Crippen molar-refractivity contribution in [1.82, 2.24) is 14.6 Å². The van der Waals surface area contributed by atoms with E-state index in [-0.39, 0.29) is 11.9 Å². The van der Waals surface area contributed by atoms with Crippen molar-refractivity contribution in [1.29, 1.82) is 0 Å². The summed E-state index contributed by atoms with van der Waals surface area (Å²) in [5, 5.41) is 0.639. The lowest BCUT2D eigenvalue weighted by Crippen LogP contribution is -2.49. The van der Waals surface area contributed by atoms with Crippen molar-refractivity contribution < 1.29 is 17.6 Å². The predicted molar refractivity (Wildman–Crippen MR) is 112 cm³/mol. The molecule has 1 saturated heterocycles. The summed E-state index contributed by atoms with van der Waals surface area (Å²) in [5.41, 5.74) is 1.47. The number of carbonyl (C=O) groups is 1. The summed E-state index contributed by atoms with van der Waals surface area (Å²) in [4.78, 5) is 20.3. The van der Waals surface area contributed by atoms with Crippen LogP contribution in [-0.4, -0.2) is 49.6 Å². The standard InChI is InChI=1S/C20H21N3O4S2/c1-29(25,26)22-15-9-5-11-23(13-15)20(24)18-17(14-7-3-2-4-8-14)21-19(28-18)16-10-6-12-27-16/h2-4,6-8,10,12,15,22H,5,9,11,13H2,1H3/t15-/m1/s1. The number of likely N-dealkylation sites (tertiary alicyclic amines) is 1. The first-order valence-electron chi connectivity index (χ1n) is 9.27. The van der Waals surface area contributed by atoms with Gasteiger partial charge in [0.2, 0.25) is 10.0 Å². The number of hydrogen-bond donors (Lipinski definition) is 1. The molecule has 1 aromatic carbocycles. The third-order valence-electron chi connectivity index (χ3n) is 4.69. The van der Waals surface area contributed by atoms with E-state index in [2.05, 4.69) is 9.71 Å². The van der Waals surface area contributed by atoms with Gasteiger partial charge in [-0.25, -0.2) is 18.1 Å². The molecule has 1 N–H and O–H groups in total. The predicted octanol–water partition coefficient (Wildman–Crippen LogP) is 3.22. The van der Waals surface area contributed by atoms with Crippen molar-refractivity contribution >= 4 is 27.3 Å². The summed E-state index contributed by atoms with van der Waals surface area (Å²) in [6.07, 6.45) is 4.17. The SMILES string of the molecule is CS(=O)(=O)N[C@@H]1CCCN(C(=O)c2sc(-c3ccco3)nc2-c2ccccc2)C1. The van der Waals surface area contributed by atoms with Gasteiger partial charge in [0, 0.05) is 24.7 Å². The molecule has 7 nitrogen and oxygen atoms in total. The molecule has 3 heterocycles. The smallest absolute Gasteiger partial charge is 0.266 e. The van der Waals surface area contributed by atoms with Gasteiger partial charge in [-0.15, -0.1) is 11.3 Å². The highest BCUT2D eigenvalue weighted by molar-refractivity contribution is 7.88. The van der Waals surface area contributed by atoms with Gasteiger partial charge in [-0.05, 0) is 25.0 Å². The zero-order valence-corrected chi connectivity index (χ0v) is 17.5. The van der Waals surface area contributed by atoms with Crippen LogP contribution in [0.25, 0.3) is 22.0 Å². The average Bonchev–Trinajstić information content (AvgIpc) is 3.37. The molecule has 0 aliphatic carbocycles. The van der Waals surface area contributed by atoms with E-state index in [9.17, 15) is 13.2 Å². The number of carbonyl (C=O) groups excluding carboxylic acids is 1. The highest BCUT2D eigenvalue weighted by Gasteiger charge is 2.30. The first kappa shape index (κ1) is 19.8. The second-order valence-electron chi connectivity index (χ2n) is 7.02. The highest BCUT2D eigenvalue weighted by Crippen LogP contribution is 2.35. The second-order valence-corrected chi connectivity index (χ2v) is 9.80. The zero-order valence-electron chi connectivity index (χ0n) is 15.9. The maximum absolute atomic E-state index is 13.4. The minimum absolute atomic E-state index is 0.140. The Bertz CT molecular complexity index is 1090. The summed E-state index contributed by atoms with van der Waals surface area (Å²) in [6, 6.07) is 12.9. The van der Waals surface area contributed by atoms with Crippen molar-refractivity contribution in [2.75, 3.05) is 19.3 Å². The van der Waals surface area contributed by atoms with Crippen LogP contribution in [-0.2, 0) is 10.0 Å². The minimum atomic E-state index is -3.32. The molecule has 29 heavy (non-hydrogen) atoms. The van der Waals surface area contributed by atoms with Gasteiger partial charge in [-0.1, -0.05) is 30.3 Å². The molecule has 152 valence electrons. The van der Waals surface area contributed by atoms with Crippen molar-refractivity contribution in [2.24, 2.45) is 0 Å². The van der Waals surface area contributed by atoms with Crippen LogP contribution in [0.2, 0.25) is 0 Å². The van der Waals surface area contributed by atoms with Gasteiger partial charge >= 0.3 is 0 Å². The number of aromatic nitrogens is 1. The van der Waals surface area contributed by atoms with Crippen LogP contribution >= 0.6 is 11.3 Å². The Morgan fingerprint density at radius 2 is 2.03 bits per heavy atom. The number of furan rings is 1. The lowest BCUT2D eigenvalue weighted by molar-refractivity contribution is 0.0708. The number of benzene rings is 1. The Kier molecular flexibility index (Phi) is 5.53. The van der Waals surface area contributed by atoms with Crippen molar-refractivity contribution in [3.05, 3.63) is 53.6 Å². The van der Waals surface area contributed by atoms with Crippen molar-refractivity contribution in [3.63, 3.8) is 0 Å². The Morgan fingerprint density at radius 3 is 2.72 bits per heavy atom. The summed E-state index contributed by atoms with van der Waals surface area (Å²) in [5.74, 6) is 0.473. The molecule has 2 aromatic heterocycles. The van der Waals surface area contributed by atoms with Gasteiger partial charge in [-0.3, -0.25) is 4.79 Å². The van der Waals surface area contributed by atoms with Gasteiger partial charge in [0.25, 0.3) is 5.91 Å². The first-order valence-corrected chi connectivity index (χ1v) is 12.0. The van der Waals surface area contributed by atoms with Crippen LogP contribution in [0.5, 0.6) is 0 Å². The van der Waals surface area contributed by atoms with E-state index in [1.165, 1.54) is 11.3 Å². The summed E-state index contributed by atoms with van der Waals surface area (Å²) in [7, 11) is -3.32. The normalized spacial score (nSPS) is 17.4. The molecule has 1 aliphatic rings. The Morgan fingerprint density at radius 1 is 1.24 bits per heavy atom. The number of sulfonamides is 1. The lowest BCUT2D eigenvalue weighted by atomic mass is 10.1. The van der Waals surface area contributed by atoms with Crippen LogP contribution < -0.4 is 4.72 Å².